The Morgan fingerprint density at radius 1 is 1.35 bits per heavy atom. The van der Waals surface area contributed by atoms with Crippen LogP contribution in [0.3, 0.4) is 0 Å². The summed E-state index contributed by atoms with van der Waals surface area (Å²) in [6.45, 7) is 3.22. The number of fused-ring (bicyclic) bond motifs is 3. The summed E-state index contributed by atoms with van der Waals surface area (Å²) < 4.78 is 4.98. The van der Waals surface area contributed by atoms with Crippen LogP contribution in [0.2, 0.25) is 0 Å². The number of aromatic nitrogens is 1. The number of carbonyl (C=O) groups is 1. The van der Waals surface area contributed by atoms with E-state index in [-0.39, 0.29) is 0 Å². The third kappa shape index (κ3) is 1.27. The Bertz CT molecular complexity index is 646. The van der Waals surface area contributed by atoms with Gasteiger partial charge in [0.25, 0.3) is 0 Å². The van der Waals surface area contributed by atoms with Gasteiger partial charge in [0.1, 0.15) is 0 Å². The summed E-state index contributed by atoms with van der Waals surface area (Å²) in [6, 6.07) is 7.34. The van der Waals surface area contributed by atoms with Gasteiger partial charge in [0, 0.05) is 18.0 Å². The molecule has 1 aliphatic heterocycles. The number of rotatable bonds is 0. The second-order valence-corrected chi connectivity index (χ2v) is 4.34. The summed E-state index contributed by atoms with van der Waals surface area (Å²) in [6.07, 6.45) is 0. The van der Waals surface area contributed by atoms with Crippen molar-refractivity contribution in [1.82, 2.24) is 4.98 Å². The lowest BCUT2D eigenvalue weighted by molar-refractivity contribution is -0.148. The summed E-state index contributed by atoms with van der Waals surface area (Å²) in [4.78, 5) is 16.2. The molecular weight excluding hydrogens is 218 g/mol. The molecule has 1 aromatic carbocycles. The molecule has 4 heteroatoms. The molecule has 0 aliphatic carbocycles. The van der Waals surface area contributed by atoms with Crippen molar-refractivity contribution in [2.45, 2.75) is 19.6 Å². The zero-order valence-corrected chi connectivity index (χ0v) is 9.52. The highest BCUT2D eigenvalue weighted by Gasteiger charge is 2.43. The number of esters is 1. The summed E-state index contributed by atoms with van der Waals surface area (Å²) >= 11 is 0. The Labute approximate surface area is 97.9 Å². The Morgan fingerprint density at radius 2 is 2.06 bits per heavy atom. The third-order valence-corrected chi connectivity index (χ3v) is 3.03. The van der Waals surface area contributed by atoms with Crippen molar-refractivity contribution in [2.24, 2.45) is 0 Å². The number of ether oxygens (including phenoxy) is 1. The fraction of sp³-hybridized carbons (Fsp3) is 0.231. The van der Waals surface area contributed by atoms with Gasteiger partial charge in [-0.05, 0) is 13.0 Å². The van der Waals surface area contributed by atoms with Gasteiger partial charge in [-0.25, -0.2) is 4.79 Å². The lowest BCUT2D eigenvalue weighted by Crippen LogP contribution is -2.21. The number of benzene rings is 1. The van der Waals surface area contributed by atoms with Crippen LogP contribution in [0, 0.1) is 6.92 Å². The SMILES string of the molecule is Cc1nc2ccccc2c2c1C(C)(O)OC2=O. The number of cyclic esters (lactones) is 1. The van der Waals surface area contributed by atoms with Crippen molar-refractivity contribution in [3.05, 3.63) is 41.1 Å². The molecular formula is C13H11NO3. The van der Waals surface area contributed by atoms with Crippen LogP contribution in [0.1, 0.15) is 28.5 Å². The van der Waals surface area contributed by atoms with Gasteiger partial charge in [-0.1, -0.05) is 18.2 Å². The lowest BCUT2D eigenvalue weighted by atomic mass is 9.98. The Balaban J connectivity index is 2.51. The second-order valence-electron chi connectivity index (χ2n) is 4.34. The first-order chi connectivity index (χ1) is 8.00. The van der Waals surface area contributed by atoms with E-state index in [1.165, 1.54) is 6.92 Å². The van der Waals surface area contributed by atoms with Crippen molar-refractivity contribution in [1.29, 1.82) is 0 Å². The van der Waals surface area contributed by atoms with Crippen molar-refractivity contribution in [2.75, 3.05) is 0 Å². The van der Waals surface area contributed by atoms with E-state index in [1.54, 1.807) is 6.92 Å². The molecule has 0 radical (unpaired) electrons. The van der Waals surface area contributed by atoms with Gasteiger partial charge in [-0.3, -0.25) is 4.98 Å². The third-order valence-electron chi connectivity index (χ3n) is 3.03. The smallest absolute Gasteiger partial charge is 0.342 e. The molecule has 0 amide bonds. The van der Waals surface area contributed by atoms with Crippen LogP contribution in [0.4, 0.5) is 0 Å². The zero-order chi connectivity index (χ0) is 12.2. The molecule has 0 spiro atoms. The van der Waals surface area contributed by atoms with Gasteiger partial charge in [0.05, 0.1) is 16.6 Å². The van der Waals surface area contributed by atoms with Crippen LogP contribution in [0.5, 0.6) is 0 Å². The molecule has 2 heterocycles. The standard InChI is InChI=1S/C13H11NO3/c1-7-11-10(12(15)17-13(11,2)16)8-5-3-4-6-9(8)14-7/h3-6,16H,1-2H3. The number of aliphatic hydroxyl groups is 1. The van der Waals surface area contributed by atoms with Crippen LogP contribution < -0.4 is 0 Å². The Kier molecular flexibility index (Phi) is 1.83. The molecule has 0 saturated carbocycles. The quantitative estimate of drug-likeness (QED) is 0.701. The van der Waals surface area contributed by atoms with Crippen molar-refractivity contribution in [3.63, 3.8) is 0 Å². The predicted molar refractivity (Wildman–Crippen MR) is 61.5 cm³/mol. The van der Waals surface area contributed by atoms with Crippen molar-refractivity contribution >= 4 is 16.9 Å². The van der Waals surface area contributed by atoms with Gasteiger partial charge in [-0.2, -0.15) is 0 Å². The number of carbonyl (C=O) groups excluding carboxylic acids is 1. The fourth-order valence-electron chi connectivity index (χ4n) is 2.40. The maximum atomic E-state index is 11.8. The average molecular weight is 229 g/mol. The van der Waals surface area contributed by atoms with Gasteiger partial charge >= 0.3 is 5.97 Å². The molecule has 1 unspecified atom stereocenters. The molecule has 0 saturated heterocycles. The highest BCUT2D eigenvalue weighted by atomic mass is 16.7. The molecule has 1 N–H and O–H groups in total. The molecule has 1 aromatic heterocycles. The van der Waals surface area contributed by atoms with E-state index < -0.39 is 11.8 Å². The van der Waals surface area contributed by atoms with Crippen LogP contribution in [0.15, 0.2) is 24.3 Å². The molecule has 4 nitrogen and oxygen atoms in total. The van der Waals surface area contributed by atoms with E-state index in [9.17, 15) is 9.90 Å². The molecule has 0 fully saturated rings. The number of hydrogen-bond acceptors (Lipinski definition) is 4. The van der Waals surface area contributed by atoms with Gasteiger partial charge in [0.15, 0.2) is 0 Å². The second kappa shape index (κ2) is 3.05. The van der Waals surface area contributed by atoms with Crippen LogP contribution in [-0.2, 0) is 10.5 Å². The van der Waals surface area contributed by atoms with E-state index in [1.807, 2.05) is 24.3 Å². The first-order valence-electron chi connectivity index (χ1n) is 5.36. The minimum atomic E-state index is -1.58. The van der Waals surface area contributed by atoms with Crippen molar-refractivity contribution < 1.29 is 14.6 Å². The first-order valence-corrected chi connectivity index (χ1v) is 5.36. The highest BCUT2D eigenvalue weighted by molar-refractivity contribution is 6.07. The molecule has 1 atom stereocenters. The lowest BCUT2D eigenvalue weighted by Gasteiger charge is -2.17. The molecule has 1 aliphatic rings. The van der Waals surface area contributed by atoms with Crippen LogP contribution >= 0.6 is 0 Å². The molecule has 3 rings (SSSR count). The highest BCUT2D eigenvalue weighted by Crippen LogP contribution is 2.38. The average Bonchev–Trinajstić information content (AvgIpc) is 2.50. The van der Waals surface area contributed by atoms with Crippen molar-refractivity contribution in [3.8, 4) is 0 Å². The van der Waals surface area contributed by atoms with Crippen LogP contribution in [-0.4, -0.2) is 16.1 Å². The molecule has 0 bridgehead atoms. The van der Waals surface area contributed by atoms with Gasteiger partial charge in [-0.15, -0.1) is 0 Å². The van der Waals surface area contributed by atoms with E-state index >= 15 is 0 Å². The molecule has 17 heavy (non-hydrogen) atoms. The number of pyridine rings is 1. The number of hydrogen-bond donors (Lipinski definition) is 1. The number of aryl methyl sites for hydroxylation is 1. The summed E-state index contributed by atoms with van der Waals surface area (Å²) in [5, 5.41) is 10.8. The van der Waals surface area contributed by atoms with E-state index in [2.05, 4.69) is 4.98 Å². The zero-order valence-electron chi connectivity index (χ0n) is 9.52. The number of nitrogens with zero attached hydrogens (tertiary/aromatic N) is 1. The maximum absolute atomic E-state index is 11.8. The molecule has 2 aromatic rings. The van der Waals surface area contributed by atoms with E-state index in [4.69, 9.17) is 4.74 Å². The topological polar surface area (TPSA) is 59.4 Å². The summed E-state index contributed by atoms with van der Waals surface area (Å²) in [5.74, 6) is -2.07. The normalized spacial score (nSPS) is 22.6. The van der Waals surface area contributed by atoms with Crippen LogP contribution in [0.25, 0.3) is 10.9 Å². The Hall–Kier alpha value is -1.94. The van der Waals surface area contributed by atoms with E-state index in [0.29, 0.717) is 16.8 Å². The van der Waals surface area contributed by atoms with E-state index in [0.717, 1.165) is 10.9 Å². The number of para-hydroxylation sites is 1. The first kappa shape index (κ1) is 10.2. The monoisotopic (exact) mass is 229 g/mol. The summed E-state index contributed by atoms with van der Waals surface area (Å²) in [7, 11) is 0. The van der Waals surface area contributed by atoms with Gasteiger partial charge < -0.3 is 9.84 Å². The van der Waals surface area contributed by atoms with Gasteiger partial charge in [0.2, 0.25) is 5.79 Å². The predicted octanol–water partition coefficient (Wildman–Crippen LogP) is 1.88. The molecule has 86 valence electrons. The minimum absolute atomic E-state index is 0.429. The summed E-state index contributed by atoms with van der Waals surface area (Å²) in [5.41, 5.74) is 2.26. The largest absolute Gasteiger partial charge is 0.425 e. The Morgan fingerprint density at radius 3 is 2.82 bits per heavy atom. The fourth-order valence-corrected chi connectivity index (χ4v) is 2.40. The minimum Gasteiger partial charge on any atom is -0.425 e. The maximum Gasteiger partial charge on any atom is 0.342 e.